The predicted octanol–water partition coefficient (Wildman–Crippen LogP) is 5.21. The minimum atomic E-state index is -0.257. The van der Waals surface area contributed by atoms with Crippen LogP contribution in [-0.4, -0.2) is 20.8 Å². The van der Waals surface area contributed by atoms with Crippen molar-refractivity contribution in [3.63, 3.8) is 0 Å². The molecule has 150 valence electrons. The Morgan fingerprint density at radius 3 is 2.69 bits per heavy atom. The number of rotatable bonds is 4. The zero-order valence-corrected chi connectivity index (χ0v) is 17.2. The maximum atomic E-state index is 13.2. The van der Waals surface area contributed by atoms with Crippen molar-refractivity contribution in [3.8, 4) is 0 Å². The Labute approximate surface area is 175 Å². The van der Waals surface area contributed by atoms with E-state index in [0.717, 1.165) is 48.7 Å². The summed E-state index contributed by atoms with van der Waals surface area (Å²) in [4.78, 5) is 14.8. The zero-order valence-electron chi connectivity index (χ0n) is 16.4. The van der Waals surface area contributed by atoms with Crippen molar-refractivity contribution < 1.29 is 4.79 Å². The van der Waals surface area contributed by atoms with Gasteiger partial charge in [-0.25, -0.2) is 4.79 Å². The highest BCUT2D eigenvalue weighted by Crippen LogP contribution is 2.28. The molecule has 3 aromatic rings. The van der Waals surface area contributed by atoms with Gasteiger partial charge in [-0.3, -0.25) is 4.90 Å². The van der Waals surface area contributed by atoms with Crippen molar-refractivity contribution in [2.45, 2.75) is 45.7 Å². The van der Waals surface area contributed by atoms with Crippen molar-refractivity contribution in [2.24, 2.45) is 0 Å². The topological polar surface area (TPSA) is 63.1 Å². The van der Waals surface area contributed by atoms with Crippen molar-refractivity contribution in [1.82, 2.24) is 14.8 Å². The number of carbonyl (C=O) groups excluding carboxylic acids is 1. The molecule has 0 bridgehead atoms. The lowest BCUT2D eigenvalue weighted by atomic mass is 10.2. The number of aryl methyl sites for hydroxylation is 2. The molecule has 0 radical (unpaired) electrons. The summed E-state index contributed by atoms with van der Waals surface area (Å²) in [5, 5.41) is 12.2. The fourth-order valence-electron chi connectivity index (χ4n) is 3.57. The summed E-state index contributed by atoms with van der Waals surface area (Å²) >= 11 is 6.43. The molecule has 2 heterocycles. The molecule has 7 heteroatoms. The van der Waals surface area contributed by atoms with Gasteiger partial charge < -0.3 is 9.88 Å². The SMILES string of the molecule is Cc1ccc(NC(=O)N(Cc2nnc3n2CCCCC3)c2ccccc2Cl)cc1. The first-order chi connectivity index (χ1) is 14.1. The first-order valence-corrected chi connectivity index (χ1v) is 10.3. The number of urea groups is 1. The highest BCUT2D eigenvalue weighted by molar-refractivity contribution is 6.33. The van der Waals surface area contributed by atoms with Crippen LogP contribution in [0, 0.1) is 6.92 Å². The van der Waals surface area contributed by atoms with Gasteiger partial charge in [0.15, 0.2) is 5.82 Å². The predicted molar refractivity (Wildman–Crippen MR) is 115 cm³/mol. The van der Waals surface area contributed by atoms with Gasteiger partial charge in [-0.15, -0.1) is 10.2 Å². The number of halogens is 1. The van der Waals surface area contributed by atoms with Crippen LogP contribution < -0.4 is 10.2 Å². The number of nitrogens with one attached hydrogen (secondary N) is 1. The van der Waals surface area contributed by atoms with Crippen molar-refractivity contribution in [3.05, 3.63) is 70.8 Å². The number of hydrogen-bond donors (Lipinski definition) is 1. The quantitative estimate of drug-likeness (QED) is 0.643. The second-order valence-corrected chi connectivity index (χ2v) is 7.74. The van der Waals surface area contributed by atoms with E-state index in [1.54, 1.807) is 11.0 Å². The summed E-state index contributed by atoms with van der Waals surface area (Å²) in [6.07, 6.45) is 4.33. The third-order valence-corrected chi connectivity index (χ3v) is 5.50. The summed E-state index contributed by atoms with van der Waals surface area (Å²) in [5.74, 6) is 1.77. The molecule has 6 nitrogen and oxygen atoms in total. The van der Waals surface area contributed by atoms with Gasteiger partial charge in [0.25, 0.3) is 0 Å². The van der Waals surface area contributed by atoms with Crippen molar-refractivity contribution in [2.75, 3.05) is 10.2 Å². The molecule has 0 fully saturated rings. The lowest BCUT2D eigenvalue weighted by Crippen LogP contribution is -2.35. The van der Waals surface area contributed by atoms with Gasteiger partial charge in [-0.2, -0.15) is 0 Å². The van der Waals surface area contributed by atoms with E-state index in [-0.39, 0.29) is 6.03 Å². The first-order valence-electron chi connectivity index (χ1n) is 9.92. The van der Waals surface area contributed by atoms with E-state index in [0.29, 0.717) is 17.3 Å². The molecule has 0 saturated carbocycles. The van der Waals surface area contributed by atoms with E-state index < -0.39 is 0 Å². The molecule has 1 aliphatic rings. The van der Waals surface area contributed by atoms with E-state index in [9.17, 15) is 4.79 Å². The molecule has 0 spiro atoms. The largest absolute Gasteiger partial charge is 0.326 e. The van der Waals surface area contributed by atoms with Crippen LogP contribution in [0.2, 0.25) is 5.02 Å². The van der Waals surface area contributed by atoms with Crippen LogP contribution in [0.1, 0.15) is 36.5 Å². The molecular formula is C22H24ClN5O. The average Bonchev–Trinajstić information content (AvgIpc) is 2.94. The number of para-hydroxylation sites is 1. The number of aromatic nitrogens is 3. The third-order valence-electron chi connectivity index (χ3n) is 5.18. The van der Waals surface area contributed by atoms with Crippen molar-refractivity contribution in [1.29, 1.82) is 0 Å². The molecule has 1 aromatic heterocycles. The maximum Gasteiger partial charge on any atom is 0.326 e. The van der Waals surface area contributed by atoms with Crippen LogP contribution in [0.5, 0.6) is 0 Å². The molecule has 2 aromatic carbocycles. The Bertz CT molecular complexity index is 999. The lowest BCUT2D eigenvalue weighted by Gasteiger charge is -2.24. The van der Waals surface area contributed by atoms with Crippen LogP contribution in [-0.2, 0) is 19.5 Å². The number of carbonyl (C=O) groups is 1. The van der Waals surface area contributed by atoms with E-state index in [2.05, 4.69) is 20.1 Å². The molecule has 2 amide bonds. The smallest absolute Gasteiger partial charge is 0.313 e. The number of fused-ring (bicyclic) bond motifs is 1. The fraction of sp³-hybridized carbons (Fsp3) is 0.318. The minimum Gasteiger partial charge on any atom is -0.313 e. The standard InChI is InChI=1S/C22H24ClN5O/c1-16-10-12-17(13-11-16)24-22(29)28(19-8-5-4-7-18(19)23)15-21-26-25-20-9-3-2-6-14-27(20)21/h4-5,7-8,10-13H,2-3,6,9,14-15H2,1H3,(H,24,29). The van der Waals surface area contributed by atoms with Crippen LogP contribution in [0.25, 0.3) is 0 Å². The van der Waals surface area contributed by atoms with Crippen LogP contribution in [0.3, 0.4) is 0 Å². The summed E-state index contributed by atoms with van der Waals surface area (Å²) < 4.78 is 2.15. The Morgan fingerprint density at radius 1 is 1.10 bits per heavy atom. The number of nitrogens with zero attached hydrogens (tertiary/aromatic N) is 4. The summed E-state index contributed by atoms with van der Waals surface area (Å²) in [6.45, 7) is 3.20. The van der Waals surface area contributed by atoms with Gasteiger partial charge in [-0.05, 0) is 44.0 Å². The summed E-state index contributed by atoms with van der Waals surface area (Å²) in [7, 11) is 0. The summed E-state index contributed by atoms with van der Waals surface area (Å²) in [6, 6.07) is 14.8. The highest BCUT2D eigenvalue weighted by Gasteiger charge is 2.23. The number of benzene rings is 2. The van der Waals surface area contributed by atoms with E-state index >= 15 is 0 Å². The molecule has 0 unspecified atom stereocenters. The minimum absolute atomic E-state index is 0.257. The fourth-order valence-corrected chi connectivity index (χ4v) is 3.81. The number of anilines is 2. The zero-order chi connectivity index (χ0) is 20.2. The van der Waals surface area contributed by atoms with Gasteiger partial charge in [0.05, 0.1) is 17.3 Å². The highest BCUT2D eigenvalue weighted by atomic mass is 35.5. The Hall–Kier alpha value is -2.86. The Morgan fingerprint density at radius 2 is 1.90 bits per heavy atom. The van der Waals surface area contributed by atoms with E-state index in [1.807, 2.05) is 49.4 Å². The molecular weight excluding hydrogens is 386 g/mol. The molecule has 1 N–H and O–H groups in total. The van der Waals surface area contributed by atoms with Gasteiger partial charge in [-0.1, -0.05) is 47.9 Å². The van der Waals surface area contributed by atoms with E-state index in [4.69, 9.17) is 11.6 Å². The van der Waals surface area contributed by atoms with Crippen molar-refractivity contribution >= 4 is 29.0 Å². The third kappa shape index (κ3) is 4.43. The molecule has 29 heavy (non-hydrogen) atoms. The number of hydrogen-bond acceptors (Lipinski definition) is 3. The molecule has 0 atom stereocenters. The second kappa shape index (κ2) is 8.66. The first kappa shape index (κ1) is 19.5. The van der Waals surface area contributed by atoms with Gasteiger partial charge in [0, 0.05) is 18.7 Å². The van der Waals surface area contributed by atoms with Crippen LogP contribution in [0.15, 0.2) is 48.5 Å². The van der Waals surface area contributed by atoms with Crippen LogP contribution in [0.4, 0.5) is 16.2 Å². The van der Waals surface area contributed by atoms with Gasteiger partial charge in [0.2, 0.25) is 0 Å². The Balaban J connectivity index is 1.64. The Kier molecular flexibility index (Phi) is 5.81. The molecule has 0 saturated heterocycles. The van der Waals surface area contributed by atoms with Crippen LogP contribution >= 0.6 is 11.6 Å². The molecule has 0 aliphatic carbocycles. The molecule has 4 rings (SSSR count). The normalized spacial score (nSPS) is 13.4. The van der Waals surface area contributed by atoms with Gasteiger partial charge in [0.1, 0.15) is 5.82 Å². The van der Waals surface area contributed by atoms with E-state index in [1.165, 1.54) is 6.42 Å². The monoisotopic (exact) mass is 409 g/mol. The summed E-state index contributed by atoms with van der Waals surface area (Å²) in [5.41, 5.74) is 2.51. The average molecular weight is 410 g/mol. The number of amides is 2. The lowest BCUT2D eigenvalue weighted by molar-refractivity contribution is 0.256. The maximum absolute atomic E-state index is 13.2. The molecule has 1 aliphatic heterocycles. The second-order valence-electron chi connectivity index (χ2n) is 7.33. The van der Waals surface area contributed by atoms with Gasteiger partial charge >= 0.3 is 6.03 Å².